The van der Waals surface area contributed by atoms with Gasteiger partial charge in [-0.2, -0.15) is 0 Å². The Bertz CT molecular complexity index is 742. The second-order valence-electron chi connectivity index (χ2n) is 5.06. The van der Waals surface area contributed by atoms with Gasteiger partial charge in [-0.25, -0.2) is 18.1 Å². The normalized spacial score (nSPS) is 12.4. The van der Waals surface area contributed by atoms with Crippen LogP contribution in [0.25, 0.3) is 11.0 Å². The molecule has 0 saturated heterocycles. The summed E-state index contributed by atoms with van der Waals surface area (Å²) in [6.45, 7) is 4.04. The highest BCUT2D eigenvalue weighted by molar-refractivity contribution is 7.89. The van der Waals surface area contributed by atoms with E-state index in [1.165, 1.54) is 12.4 Å². The van der Waals surface area contributed by atoms with Crippen LogP contribution in [0.15, 0.2) is 23.4 Å². The SMILES string of the molecule is CCC(N)(CC)CNS(=O)(=O)c1c[nH]c2nccc(Cl)c12.Cl. The maximum Gasteiger partial charge on any atom is 0.242 e. The standard InChI is InChI=1S/C13H19ClN4O2S.ClH/c1-3-13(15,4-2)8-18-21(19,20)10-7-17-12-11(10)9(14)5-6-16-12;/h5-7,18H,3-4,8,15H2,1-2H3,(H,16,17);1H. The Hall–Kier alpha value is -0.860. The van der Waals surface area contributed by atoms with Gasteiger partial charge < -0.3 is 10.7 Å². The third kappa shape index (κ3) is 3.72. The Balaban J connectivity index is 0.00000242. The third-order valence-electron chi connectivity index (χ3n) is 3.80. The number of fused-ring (bicyclic) bond motifs is 1. The van der Waals surface area contributed by atoms with Gasteiger partial charge in [0.1, 0.15) is 10.5 Å². The van der Waals surface area contributed by atoms with Crippen molar-refractivity contribution in [1.29, 1.82) is 0 Å². The Kier molecular flexibility index (Phi) is 6.23. The van der Waals surface area contributed by atoms with Crippen molar-refractivity contribution < 1.29 is 8.42 Å². The van der Waals surface area contributed by atoms with Crippen LogP contribution in [0.5, 0.6) is 0 Å². The number of nitrogens with two attached hydrogens (primary N) is 1. The summed E-state index contributed by atoms with van der Waals surface area (Å²) in [6.07, 6.45) is 4.27. The average molecular weight is 367 g/mol. The number of hydrogen-bond donors (Lipinski definition) is 3. The molecule has 0 fully saturated rings. The fraction of sp³-hybridized carbons (Fsp3) is 0.462. The molecule has 0 aliphatic rings. The van der Waals surface area contributed by atoms with Crippen molar-refractivity contribution in [2.75, 3.05) is 6.54 Å². The summed E-state index contributed by atoms with van der Waals surface area (Å²) in [4.78, 5) is 6.96. The van der Waals surface area contributed by atoms with E-state index >= 15 is 0 Å². The fourth-order valence-electron chi connectivity index (χ4n) is 2.02. The first kappa shape index (κ1) is 19.2. The number of aromatic nitrogens is 2. The molecule has 0 atom stereocenters. The van der Waals surface area contributed by atoms with Crippen molar-refractivity contribution in [2.24, 2.45) is 5.73 Å². The molecule has 0 aliphatic heterocycles. The van der Waals surface area contributed by atoms with Crippen molar-refractivity contribution in [3.8, 4) is 0 Å². The first-order chi connectivity index (χ1) is 9.83. The maximum atomic E-state index is 12.5. The Morgan fingerprint density at radius 3 is 2.64 bits per heavy atom. The number of rotatable bonds is 6. The second-order valence-corrected chi connectivity index (χ2v) is 7.21. The zero-order valence-electron chi connectivity index (χ0n) is 12.4. The van der Waals surface area contributed by atoms with E-state index in [1.54, 1.807) is 6.07 Å². The molecule has 0 aromatic carbocycles. The molecule has 2 heterocycles. The summed E-state index contributed by atoms with van der Waals surface area (Å²) in [6, 6.07) is 1.56. The second kappa shape index (κ2) is 7.14. The molecule has 2 rings (SSSR count). The molecule has 0 radical (unpaired) electrons. The van der Waals surface area contributed by atoms with Gasteiger partial charge in [-0.05, 0) is 18.9 Å². The van der Waals surface area contributed by atoms with Crippen LogP contribution in [-0.2, 0) is 10.0 Å². The fourth-order valence-corrected chi connectivity index (χ4v) is 3.64. The van der Waals surface area contributed by atoms with Crippen molar-refractivity contribution in [3.63, 3.8) is 0 Å². The third-order valence-corrected chi connectivity index (χ3v) is 5.54. The van der Waals surface area contributed by atoms with E-state index in [-0.39, 0.29) is 23.8 Å². The minimum atomic E-state index is -3.71. The summed E-state index contributed by atoms with van der Waals surface area (Å²) >= 11 is 6.08. The smallest absolute Gasteiger partial charge is 0.242 e. The Labute approximate surface area is 141 Å². The van der Waals surface area contributed by atoms with Crippen molar-refractivity contribution in [3.05, 3.63) is 23.5 Å². The van der Waals surface area contributed by atoms with Crippen LogP contribution >= 0.6 is 24.0 Å². The molecule has 124 valence electrons. The van der Waals surface area contributed by atoms with Gasteiger partial charge >= 0.3 is 0 Å². The van der Waals surface area contributed by atoms with Gasteiger partial charge in [0, 0.05) is 24.5 Å². The lowest BCUT2D eigenvalue weighted by Gasteiger charge is -2.26. The zero-order chi connectivity index (χ0) is 15.7. The average Bonchev–Trinajstić information content (AvgIpc) is 2.91. The number of sulfonamides is 1. The number of nitrogens with zero attached hydrogens (tertiary/aromatic N) is 1. The molecule has 0 unspecified atom stereocenters. The zero-order valence-corrected chi connectivity index (χ0v) is 14.8. The minimum absolute atomic E-state index is 0. The molecular formula is C13H20Cl2N4O2S. The van der Waals surface area contributed by atoms with Gasteiger partial charge in [0.2, 0.25) is 10.0 Å². The molecule has 0 spiro atoms. The lowest BCUT2D eigenvalue weighted by atomic mass is 9.95. The van der Waals surface area contributed by atoms with E-state index < -0.39 is 15.6 Å². The van der Waals surface area contributed by atoms with E-state index in [1.807, 2.05) is 13.8 Å². The topological polar surface area (TPSA) is 101 Å². The van der Waals surface area contributed by atoms with Gasteiger partial charge in [-0.15, -0.1) is 12.4 Å². The molecular weight excluding hydrogens is 347 g/mol. The Morgan fingerprint density at radius 2 is 2.05 bits per heavy atom. The summed E-state index contributed by atoms with van der Waals surface area (Å²) in [5.41, 5.74) is 6.01. The van der Waals surface area contributed by atoms with Crippen LogP contribution in [0.3, 0.4) is 0 Å². The monoisotopic (exact) mass is 366 g/mol. The van der Waals surface area contributed by atoms with Crippen molar-refractivity contribution in [2.45, 2.75) is 37.1 Å². The van der Waals surface area contributed by atoms with Crippen molar-refractivity contribution in [1.82, 2.24) is 14.7 Å². The van der Waals surface area contributed by atoms with E-state index in [2.05, 4.69) is 14.7 Å². The first-order valence-electron chi connectivity index (χ1n) is 6.73. The molecule has 22 heavy (non-hydrogen) atoms. The molecule has 0 amide bonds. The van der Waals surface area contributed by atoms with Gasteiger partial charge in [0.25, 0.3) is 0 Å². The minimum Gasteiger partial charge on any atom is -0.345 e. The number of halogens is 2. The highest BCUT2D eigenvalue weighted by atomic mass is 35.5. The summed E-state index contributed by atoms with van der Waals surface area (Å²) < 4.78 is 27.5. The Morgan fingerprint density at radius 1 is 1.41 bits per heavy atom. The summed E-state index contributed by atoms with van der Waals surface area (Å²) in [5.74, 6) is 0. The van der Waals surface area contributed by atoms with Gasteiger partial charge in [0.05, 0.1) is 10.4 Å². The quantitative estimate of drug-likeness (QED) is 0.730. The van der Waals surface area contributed by atoms with Crippen LogP contribution < -0.4 is 10.5 Å². The maximum absolute atomic E-state index is 12.5. The van der Waals surface area contributed by atoms with Crippen LogP contribution in [0, 0.1) is 0 Å². The first-order valence-corrected chi connectivity index (χ1v) is 8.59. The number of H-pyrrole nitrogens is 1. The number of nitrogens with one attached hydrogen (secondary N) is 2. The highest BCUT2D eigenvalue weighted by Crippen LogP contribution is 2.28. The van der Waals surface area contributed by atoms with E-state index in [4.69, 9.17) is 17.3 Å². The number of hydrogen-bond acceptors (Lipinski definition) is 4. The molecule has 9 heteroatoms. The lowest BCUT2D eigenvalue weighted by molar-refractivity contribution is 0.392. The highest BCUT2D eigenvalue weighted by Gasteiger charge is 2.26. The molecule has 0 saturated carbocycles. The van der Waals surface area contributed by atoms with Crippen molar-refractivity contribution >= 4 is 45.1 Å². The molecule has 0 bridgehead atoms. The van der Waals surface area contributed by atoms with Gasteiger partial charge in [-0.3, -0.25) is 0 Å². The summed E-state index contributed by atoms with van der Waals surface area (Å²) in [7, 11) is -3.71. The van der Waals surface area contributed by atoms with Crippen LogP contribution in [0.1, 0.15) is 26.7 Å². The van der Waals surface area contributed by atoms with E-state index in [0.717, 1.165) is 0 Å². The molecule has 2 aromatic rings. The summed E-state index contributed by atoms with van der Waals surface area (Å²) in [5, 5.41) is 0.730. The van der Waals surface area contributed by atoms with E-state index in [0.29, 0.717) is 28.9 Å². The molecule has 4 N–H and O–H groups in total. The van der Waals surface area contributed by atoms with Crippen LogP contribution in [0.4, 0.5) is 0 Å². The molecule has 0 aliphatic carbocycles. The van der Waals surface area contributed by atoms with Crippen LogP contribution in [0.2, 0.25) is 5.02 Å². The van der Waals surface area contributed by atoms with Gasteiger partial charge in [0.15, 0.2) is 0 Å². The predicted molar refractivity (Wildman–Crippen MR) is 91.0 cm³/mol. The number of aromatic amines is 1. The molecule has 6 nitrogen and oxygen atoms in total. The van der Waals surface area contributed by atoms with Crippen LogP contribution in [-0.4, -0.2) is 30.5 Å². The van der Waals surface area contributed by atoms with E-state index in [9.17, 15) is 8.42 Å². The van der Waals surface area contributed by atoms with Gasteiger partial charge in [-0.1, -0.05) is 25.4 Å². The number of pyridine rings is 1. The largest absolute Gasteiger partial charge is 0.345 e. The molecule has 2 aromatic heterocycles. The lowest BCUT2D eigenvalue weighted by Crippen LogP contribution is -2.49. The predicted octanol–water partition coefficient (Wildman–Crippen LogP) is 2.43.